The monoisotopic (exact) mass is 180 g/mol. The normalized spacial score (nSPS) is 9.62. The quantitative estimate of drug-likeness (QED) is 0.411. The third-order valence-corrected chi connectivity index (χ3v) is 1.72. The fourth-order valence-electron chi connectivity index (χ4n) is 0.999. The molecule has 13 heavy (non-hydrogen) atoms. The summed E-state index contributed by atoms with van der Waals surface area (Å²) in [6.45, 7) is 1.67. The minimum Gasteiger partial charge on any atom is -0.502 e. The van der Waals surface area contributed by atoms with Crippen molar-refractivity contribution in [3.8, 4) is 5.75 Å². The lowest BCUT2D eigenvalue weighted by atomic mass is 10.1. The van der Waals surface area contributed by atoms with Gasteiger partial charge in [0.25, 0.3) is 0 Å². The van der Waals surface area contributed by atoms with Gasteiger partial charge < -0.3 is 10.5 Å². The Morgan fingerprint density at radius 2 is 2.23 bits per heavy atom. The molecular weight excluding hydrogens is 172 g/mol. The zero-order valence-corrected chi connectivity index (χ0v) is 6.94. The lowest BCUT2D eigenvalue weighted by molar-refractivity contribution is -0.385. The highest BCUT2D eigenvalue weighted by Gasteiger charge is 2.14. The molecule has 0 aromatic heterocycles. The van der Waals surface area contributed by atoms with E-state index in [1.54, 1.807) is 6.92 Å². The molecule has 0 amide bonds. The van der Waals surface area contributed by atoms with Crippen LogP contribution in [0.25, 0.3) is 0 Å². The van der Waals surface area contributed by atoms with Gasteiger partial charge in [-0.15, -0.1) is 0 Å². The van der Waals surface area contributed by atoms with E-state index in [1.165, 1.54) is 12.1 Å². The van der Waals surface area contributed by atoms with Gasteiger partial charge in [0.15, 0.2) is 5.75 Å². The van der Waals surface area contributed by atoms with Crippen molar-refractivity contribution in [2.45, 2.75) is 6.92 Å². The number of nitrogens with one attached hydrogen (secondary N) is 1. The molecule has 0 aliphatic heterocycles. The number of rotatable bonds is 2. The lowest BCUT2D eigenvalue weighted by Crippen LogP contribution is -1.93. The van der Waals surface area contributed by atoms with Crippen molar-refractivity contribution < 1.29 is 10.0 Å². The summed E-state index contributed by atoms with van der Waals surface area (Å²) in [5.41, 5.74) is 0.701. The third-order valence-electron chi connectivity index (χ3n) is 1.72. The molecule has 5 nitrogen and oxygen atoms in total. The Morgan fingerprint density at radius 3 is 2.69 bits per heavy atom. The summed E-state index contributed by atoms with van der Waals surface area (Å²) in [5, 5.41) is 26.5. The molecule has 2 N–H and O–H groups in total. The van der Waals surface area contributed by atoms with E-state index in [4.69, 9.17) is 10.5 Å². The van der Waals surface area contributed by atoms with Crippen molar-refractivity contribution in [1.82, 2.24) is 0 Å². The number of hydrogen-bond donors (Lipinski definition) is 2. The Labute approximate surface area is 74.3 Å². The van der Waals surface area contributed by atoms with Crippen LogP contribution in [0.5, 0.6) is 5.75 Å². The zero-order chi connectivity index (χ0) is 10.0. The minimum absolute atomic E-state index is 0.367. The van der Waals surface area contributed by atoms with Gasteiger partial charge in [-0.25, -0.2) is 0 Å². The summed E-state index contributed by atoms with van der Waals surface area (Å²) in [5.74, 6) is -0.367. The number of nitro benzene ring substituents is 1. The van der Waals surface area contributed by atoms with E-state index in [0.29, 0.717) is 11.1 Å². The van der Waals surface area contributed by atoms with Crippen LogP contribution in [0.15, 0.2) is 12.1 Å². The van der Waals surface area contributed by atoms with E-state index in [-0.39, 0.29) is 11.4 Å². The zero-order valence-electron chi connectivity index (χ0n) is 6.94. The maximum Gasteiger partial charge on any atom is 0.311 e. The lowest BCUT2D eigenvalue weighted by Gasteiger charge is -2.00. The van der Waals surface area contributed by atoms with Crippen molar-refractivity contribution in [2.24, 2.45) is 0 Å². The first-order valence-electron chi connectivity index (χ1n) is 3.54. The first-order valence-corrected chi connectivity index (χ1v) is 3.54. The molecule has 0 radical (unpaired) electrons. The van der Waals surface area contributed by atoms with Gasteiger partial charge in [0.2, 0.25) is 0 Å². The van der Waals surface area contributed by atoms with Gasteiger partial charge in [0, 0.05) is 17.8 Å². The molecule has 0 saturated heterocycles. The third kappa shape index (κ3) is 1.64. The SMILES string of the molecule is Cc1cc(O)c([N+](=O)[O-])cc1C=N. The summed E-state index contributed by atoms with van der Waals surface area (Å²) >= 11 is 0. The highest BCUT2D eigenvalue weighted by atomic mass is 16.6. The van der Waals surface area contributed by atoms with Crippen LogP contribution in [0.4, 0.5) is 5.69 Å². The van der Waals surface area contributed by atoms with Crippen LogP contribution in [0.1, 0.15) is 11.1 Å². The number of phenols is 1. The van der Waals surface area contributed by atoms with Crippen LogP contribution in [0, 0.1) is 22.4 Å². The second kappa shape index (κ2) is 3.22. The molecule has 1 aromatic rings. The van der Waals surface area contributed by atoms with E-state index in [2.05, 4.69) is 0 Å². The highest BCUT2D eigenvalue weighted by molar-refractivity contribution is 5.81. The Hall–Kier alpha value is -1.91. The Morgan fingerprint density at radius 1 is 1.62 bits per heavy atom. The summed E-state index contributed by atoms with van der Waals surface area (Å²) in [6, 6.07) is 2.45. The average Bonchev–Trinajstić information content (AvgIpc) is 2.03. The molecule has 5 heteroatoms. The fourth-order valence-corrected chi connectivity index (χ4v) is 0.999. The van der Waals surface area contributed by atoms with Gasteiger partial charge in [0.1, 0.15) is 0 Å². The first kappa shape index (κ1) is 9.18. The van der Waals surface area contributed by atoms with Crippen molar-refractivity contribution in [1.29, 1.82) is 5.41 Å². The number of hydrogen-bond acceptors (Lipinski definition) is 4. The number of nitrogens with zero attached hydrogens (tertiary/aromatic N) is 1. The summed E-state index contributed by atoms with van der Waals surface area (Å²) < 4.78 is 0. The standard InChI is InChI=1S/C8H8N2O3/c1-5-2-8(11)7(10(12)13)3-6(5)4-9/h2-4,9,11H,1H3. The van der Waals surface area contributed by atoms with E-state index in [1.807, 2.05) is 0 Å². The molecule has 0 unspecified atom stereocenters. The smallest absolute Gasteiger partial charge is 0.311 e. The van der Waals surface area contributed by atoms with Crippen LogP contribution in [-0.2, 0) is 0 Å². The van der Waals surface area contributed by atoms with Gasteiger partial charge in [0.05, 0.1) is 4.92 Å². The molecule has 1 rings (SSSR count). The Bertz CT molecular complexity index is 374. The topological polar surface area (TPSA) is 87.2 Å². The molecule has 0 aliphatic carbocycles. The summed E-state index contributed by atoms with van der Waals surface area (Å²) in [7, 11) is 0. The Kier molecular flexibility index (Phi) is 2.27. The minimum atomic E-state index is -0.679. The summed E-state index contributed by atoms with van der Waals surface area (Å²) in [6.07, 6.45) is 1.02. The second-order valence-electron chi connectivity index (χ2n) is 2.60. The maximum atomic E-state index is 10.4. The van der Waals surface area contributed by atoms with Gasteiger partial charge in [-0.3, -0.25) is 10.1 Å². The van der Waals surface area contributed by atoms with Crippen LogP contribution < -0.4 is 0 Å². The van der Waals surface area contributed by atoms with E-state index in [0.717, 1.165) is 6.21 Å². The van der Waals surface area contributed by atoms with Crippen molar-refractivity contribution in [3.63, 3.8) is 0 Å². The number of aromatic hydroxyl groups is 1. The molecule has 0 aliphatic rings. The molecule has 0 saturated carbocycles. The van der Waals surface area contributed by atoms with Gasteiger partial charge in [-0.1, -0.05) is 0 Å². The molecule has 0 fully saturated rings. The molecule has 0 atom stereocenters. The van der Waals surface area contributed by atoms with Crippen LogP contribution in [-0.4, -0.2) is 16.2 Å². The number of benzene rings is 1. The van der Waals surface area contributed by atoms with Crippen molar-refractivity contribution in [3.05, 3.63) is 33.4 Å². The van der Waals surface area contributed by atoms with Gasteiger partial charge in [-0.2, -0.15) is 0 Å². The largest absolute Gasteiger partial charge is 0.502 e. The second-order valence-corrected chi connectivity index (χ2v) is 2.60. The van der Waals surface area contributed by atoms with Crippen molar-refractivity contribution >= 4 is 11.9 Å². The van der Waals surface area contributed by atoms with E-state index < -0.39 is 4.92 Å². The fraction of sp³-hybridized carbons (Fsp3) is 0.125. The number of aryl methyl sites for hydroxylation is 1. The first-order chi connectivity index (χ1) is 6.06. The number of nitro groups is 1. The predicted molar refractivity (Wildman–Crippen MR) is 47.4 cm³/mol. The number of phenolic OH excluding ortho intramolecular Hbond substituents is 1. The molecule has 0 spiro atoms. The summed E-state index contributed by atoms with van der Waals surface area (Å²) in [4.78, 5) is 9.69. The highest BCUT2D eigenvalue weighted by Crippen LogP contribution is 2.28. The molecule has 0 bridgehead atoms. The van der Waals surface area contributed by atoms with Crippen LogP contribution in [0.2, 0.25) is 0 Å². The van der Waals surface area contributed by atoms with Crippen LogP contribution in [0.3, 0.4) is 0 Å². The van der Waals surface area contributed by atoms with Gasteiger partial charge >= 0.3 is 5.69 Å². The predicted octanol–water partition coefficient (Wildman–Crippen LogP) is 1.61. The average molecular weight is 180 g/mol. The molecular formula is C8H8N2O3. The Balaban J connectivity index is 3.38. The van der Waals surface area contributed by atoms with Crippen LogP contribution >= 0.6 is 0 Å². The molecule has 1 aromatic carbocycles. The molecule has 68 valence electrons. The molecule has 0 heterocycles. The van der Waals surface area contributed by atoms with E-state index >= 15 is 0 Å². The van der Waals surface area contributed by atoms with Crippen molar-refractivity contribution in [2.75, 3.05) is 0 Å². The van der Waals surface area contributed by atoms with Gasteiger partial charge in [-0.05, 0) is 18.6 Å². The van der Waals surface area contributed by atoms with E-state index in [9.17, 15) is 10.1 Å². The maximum absolute atomic E-state index is 10.4.